The van der Waals surface area contributed by atoms with E-state index in [1.165, 1.54) is 13.4 Å². The summed E-state index contributed by atoms with van der Waals surface area (Å²) in [6, 6.07) is 5.27. The second-order valence-electron chi connectivity index (χ2n) is 9.68. The van der Waals surface area contributed by atoms with Gasteiger partial charge in [0.15, 0.2) is 11.2 Å². The van der Waals surface area contributed by atoms with Crippen molar-refractivity contribution in [2.45, 2.75) is 59.5 Å². The number of hydrogen-bond acceptors (Lipinski definition) is 8. The highest BCUT2D eigenvalue weighted by Crippen LogP contribution is 2.45. The van der Waals surface area contributed by atoms with Crippen LogP contribution in [0.25, 0.3) is 11.0 Å². The third-order valence-corrected chi connectivity index (χ3v) is 7.11. The number of nitrogens with one attached hydrogen (secondary N) is 1. The Morgan fingerprint density at radius 1 is 1.22 bits per heavy atom. The van der Waals surface area contributed by atoms with E-state index in [1.807, 2.05) is 19.9 Å². The van der Waals surface area contributed by atoms with Gasteiger partial charge >= 0.3 is 11.9 Å². The Hall–Kier alpha value is -3.68. The molecule has 8 nitrogen and oxygen atoms in total. The van der Waals surface area contributed by atoms with Gasteiger partial charge < -0.3 is 19.2 Å². The monoisotopic (exact) mass is 493 g/mol. The average molecular weight is 494 g/mol. The molecular weight excluding hydrogens is 462 g/mol. The highest BCUT2D eigenvalue weighted by atomic mass is 16.5. The molecule has 4 atom stereocenters. The highest BCUT2D eigenvalue weighted by molar-refractivity contribution is 6.12. The quantitative estimate of drug-likeness (QED) is 0.490. The number of carbonyl (C=O) groups excluding carboxylic acids is 3. The number of aryl methyl sites for hydroxylation is 1. The summed E-state index contributed by atoms with van der Waals surface area (Å²) in [5.74, 6) is -4.17. The number of carbonyl (C=O) groups is 3. The van der Waals surface area contributed by atoms with E-state index in [9.17, 15) is 19.2 Å². The topological polar surface area (TPSA) is 112 Å². The van der Waals surface area contributed by atoms with E-state index in [1.54, 1.807) is 32.9 Å². The van der Waals surface area contributed by atoms with Gasteiger partial charge in [0, 0.05) is 22.5 Å². The van der Waals surface area contributed by atoms with Gasteiger partial charge in [-0.25, -0.2) is 4.79 Å². The molecule has 36 heavy (non-hydrogen) atoms. The summed E-state index contributed by atoms with van der Waals surface area (Å²) in [5, 5.41) is 3.55. The predicted molar refractivity (Wildman–Crippen MR) is 133 cm³/mol. The smallest absolute Gasteiger partial charge is 0.337 e. The molecule has 0 saturated heterocycles. The lowest BCUT2D eigenvalue weighted by Gasteiger charge is -2.38. The fourth-order valence-electron chi connectivity index (χ4n) is 5.05. The van der Waals surface area contributed by atoms with Crippen molar-refractivity contribution in [3.05, 3.63) is 68.4 Å². The molecule has 0 fully saturated rings. The van der Waals surface area contributed by atoms with Crippen LogP contribution in [0.15, 0.2) is 56.2 Å². The largest absolute Gasteiger partial charge is 0.468 e. The van der Waals surface area contributed by atoms with Crippen molar-refractivity contribution in [2.75, 3.05) is 7.11 Å². The van der Waals surface area contributed by atoms with E-state index in [-0.39, 0.29) is 34.2 Å². The number of methoxy groups -OCH3 is 1. The molecule has 1 N–H and O–H groups in total. The van der Waals surface area contributed by atoms with Crippen LogP contribution in [0.2, 0.25) is 0 Å². The molecule has 4 rings (SSSR count). The molecule has 1 aliphatic carbocycles. The molecule has 2 aliphatic rings. The van der Waals surface area contributed by atoms with E-state index in [4.69, 9.17) is 13.9 Å². The summed E-state index contributed by atoms with van der Waals surface area (Å²) in [6.07, 6.45) is 1.92. The number of ketones is 1. The molecule has 190 valence electrons. The van der Waals surface area contributed by atoms with Gasteiger partial charge in [0.25, 0.3) is 0 Å². The highest BCUT2D eigenvalue weighted by Gasteiger charge is 2.48. The number of ether oxygens (including phenoxy) is 2. The number of rotatable bonds is 5. The third kappa shape index (κ3) is 4.25. The number of allylic oxidation sites excluding steroid dienone is 3. The minimum Gasteiger partial charge on any atom is -0.468 e. The number of Topliss-reactive ketones (excluding diaryl/α,β-unsaturated/α-hetero) is 1. The summed E-state index contributed by atoms with van der Waals surface area (Å²) >= 11 is 0. The molecule has 1 aromatic heterocycles. The number of dihydropyridines is 1. The summed E-state index contributed by atoms with van der Waals surface area (Å²) in [5.41, 5.74) is 2.49. The van der Waals surface area contributed by atoms with Crippen LogP contribution < -0.4 is 10.7 Å². The van der Waals surface area contributed by atoms with E-state index >= 15 is 0 Å². The summed E-state index contributed by atoms with van der Waals surface area (Å²) < 4.78 is 16.4. The van der Waals surface area contributed by atoms with Crippen LogP contribution in [-0.2, 0) is 23.9 Å². The lowest BCUT2D eigenvalue weighted by molar-refractivity contribution is -0.151. The molecule has 8 heteroatoms. The maximum Gasteiger partial charge on any atom is 0.337 e. The van der Waals surface area contributed by atoms with E-state index in [0.717, 1.165) is 5.56 Å². The summed E-state index contributed by atoms with van der Waals surface area (Å²) in [4.78, 5) is 53.6. The zero-order valence-electron chi connectivity index (χ0n) is 21.4. The Labute approximate surface area is 209 Å². The first-order valence-electron chi connectivity index (χ1n) is 12.1. The predicted octanol–water partition coefficient (Wildman–Crippen LogP) is 4.06. The number of hydrogen-bond donors (Lipinski definition) is 1. The average Bonchev–Trinajstić information content (AvgIpc) is 2.83. The molecular formula is C28H31NO7. The number of esters is 2. The van der Waals surface area contributed by atoms with E-state index in [0.29, 0.717) is 35.2 Å². The first-order chi connectivity index (χ1) is 17.1. The molecule has 1 aromatic carbocycles. The first-order valence-corrected chi connectivity index (χ1v) is 12.1. The molecule has 2 heterocycles. The Morgan fingerprint density at radius 2 is 1.94 bits per heavy atom. The van der Waals surface area contributed by atoms with Crippen molar-refractivity contribution in [3.63, 3.8) is 0 Å². The third-order valence-electron chi connectivity index (χ3n) is 7.11. The maximum atomic E-state index is 13.8. The lowest BCUT2D eigenvalue weighted by atomic mass is 9.69. The van der Waals surface area contributed by atoms with Crippen LogP contribution in [0, 0.1) is 18.8 Å². The van der Waals surface area contributed by atoms with Gasteiger partial charge in [-0.3, -0.25) is 14.4 Å². The van der Waals surface area contributed by atoms with Crippen LogP contribution in [0.3, 0.4) is 0 Å². The Morgan fingerprint density at radius 3 is 2.61 bits per heavy atom. The van der Waals surface area contributed by atoms with Crippen molar-refractivity contribution in [1.29, 1.82) is 0 Å². The van der Waals surface area contributed by atoms with Gasteiger partial charge in [0.2, 0.25) is 0 Å². The van der Waals surface area contributed by atoms with Crippen molar-refractivity contribution in [2.24, 2.45) is 11.8 Å². The van der Waals surface area contributed by atoms with Crippen LogP contribution in [0.5, 0.6) is 0 Å². The molecule has 0 unspecified atom stereocenters. The molecule has 0 radical (unpaired) electrons. The minimum absolute atomic E-state index is 0.143. The van der Waals surface area contributed by atoms with Crippen LogP contribution in [-0.4, -0.2) is 30.9 Å². The Kier molecular flexibility index (Phi) is 6.89. The summed E-state index contributed by atoms with van der Waals surface area (Å²) in [6.45, 7) is 9.06. The molecule has 0 saturated carbocycles. The SMILES string of the molecule is CC[C@@H](C)OC(=O)C1=C(C)NC2=C(C(=O)[C@@H](C(=O)OC)[C@@H](C)C2)[C@@H]1c1coc2ccc(C)cc2c1=O. The molecule has 0 amide bonds. The van der Waals surface area contributed by atoms with Crippen LogP contribution in [0.1, 0.15) is 57.6 Å². The normalized spacial score (nSPS) is 22.7. The van der Waals surface area contributed by atoms with Gasteiger partial charge in [-0.05, 0) is 51.7 Å². The number of benzene rings is 1. The maximum absolute atomic E-state index is 13.8. The zero-order chi connectivity index (χ0) is 26.3. The Bertz CT molecular complexity index is 1380. The van der Waals surface area contributed by atoms with Gasteiger partial charge in [0.1, 0.15) is 11.5 Å². The zero-order valence-corrected chi connectivity index (χ0v) is 21.4. The number of fused-ring (bicyclic) bond motifs is 1. The second-order valence-corrected chi connectivity index (χ2v) is 9.68. The molecule has 0 bridgehead atoms. The molecule has 0 spiro atoms. The standard InChI is InChI=1S/C28H31NO7/c1-7-15(4)36-28(33)22-16(5)29-19-11-14(3)21(27(32)34-6)26(31)24(19)23(22)18-12-35-20-9-8-13(2)10-17(20)25(18)30/h8-10,12,14-15,21,23,29H,7,11H2,1-6H3/t14-,15+,21-,23+/m0/s1. The fraction of sp³-hybridized carbons (Fsp3) is 0.429. The van der Waals surface area contributed by atoms with Gasteiger partial charge in [0.05, 0.1) is 36.4 Å². The minimum atomic E-state index is -1.05. The Balaban J connectivity index is 1.97. The van der Waals surface area contributed by atoms with Gasteiger partial charge in [-0.1, -0.05) is 25.5 Å². The van der Waals surface area contributed by atoms with E-state index < -0.39 is 29.6 Å². The van der Waals surface area contributed by atoms with Gasteiger partial charge in [-0.15, -0.1) is 0 Å². The van der Waals surface area contributed by atoms with Crippen molar-refractivity contribution < 1.29 is 28.3 Å². The van der Waals surface area contributed by atoms with Crippen molar-refractivity contribution >= 4 is 28.7 Å². The van der Waals surface area contributed by atoms with Gasteiger partial charge in [-0.2, -0.15) is 0 Å². The fourth-order valence-corrected chi connectivity index (χ4v) is 5.05. The first kappa shape index (κ1) is 25.4. The van der Waals surface area contributed by atoms with Crippen LogP contribution >= 0.6 is 0 Å². The molecule has 1 aliphatic heterocycles. The molecule has 2 aromatic rings. The summed E-state index contributed by atoms with van der Waals surface area (Å²) in [7, 11) is 1.24. The van der Waals surface area contributed by atoms with E-state index in [2.05, 4.69) is 5.32 Å². The lowest BCUT2D eigenvalue weighted by Crippen LogP contribution is -2.44. The van der Waals surface area contributed by atoms with Crippen molar-refractivity contribution in [1.82, 2.24) is 5.32 Å². The van der Waals surface area contributed by atoms with Crippen molar-refractivity contribution in [3.8, 4) is 0 Å². The van der Waals surface area contributed by atoms with Crippen LogP contribution in [0.4, 0.5) is 0 Å². The second kappa shape index (κ2) is 9.76.